The van der Waals surface area contributed by atoms with Crippen molar-refractivity contribution in [3.05, 3.63) is 46.2 Å². The van der Waals surface area contributed by atoms with E-state index < -0.39 is 0 Å². The summed E-state index contributed by atoms with van der Waals surface area (Å²) in [5, 5.41) is 3.35. The fourth-order valence-electron chi connectivity index (χ4n) is 2.50. The van der Waals surface area contributed by atoms with Crippen LogP contribution < -0.4 is 5.32 Å². The van der Waals surface area contributed by atoms with Crippen molar-refractivity contribution in [2.75, 3.05) is 26.2 Å². The van der Waals surface area contributed by atoms with E-state index in [-0.39, 0.29) is 36.7 Å². The number of hydrogen-bond donors (Lipinski definition) is 1. The molecule has 2 nitrogen and oxygen atoms in total. The van der Waals surface area contributed by atoms with E-state index in [0.717, 1.165) is 43.7 Å². The molecule has 0 saturated carbocycles. The van der Waals surface area contributed by atoms with E-state index >= 15 is 0 Å². The number of rotatable bonds is 4. The van der Waals surface area contributed by atoms with Crippen LogP contribution in [-0.4, -0.2) is 31.1 Å². The first-order valence-electron chi connectivity index (χ1n) is 6.62. The lowest BCUT2D eigenvalue weighted by atomic mass is 9.98. The minimum absolute atomic E-state index is 0. The quantitative estimate of drug-likeness (QED) is 0.757. The highest BCUT2D eigenvalue weighted by Gasteiger charge is 2.22. The molecule has 0 bridgehead atoms. The molecule has 2 rings (SSSR count). The SMILES string of the molecule is C=C(C)C[C@@H](c1ccc(Br)c(F)c1)N1CCNCC1.Cl.Cl. The summed E-state index contributed by atoms with van der Waals surface area (Å²) >= 11 is 3.21. The summed E-state index contributed by atoms with van der Waals surface area (Å²) in [6.45, 7) is 10.0. The molecule has 1 atom stereocenters. The van der Waals surface area contributed by atoms with Gasteiger partial charge in [-0.05, 0) is 47.0 Å². The van der Waals surface area contributed by atoms with Crippen molar-refractivity contribution in [3.63, 3.8) is 0 Å². The van der Waals surface area contributed by atoms with Gasteiger partial charge in [0.2, 0.25) is 0 Å². The molecule has 21 heavy (non-hydrogen) atoms. The monoisotopic (exact) mass is 398 g/mol. The van der Waals surface area contributed by atoms with Crippen LogP contribution in [0.1, 0.15) is 24.9 Å². The van der Waals surface area contributed by atoms with Gasteiger partial charge in [0.25, 0.3) is 0 Å². The van der Waals surface area contributed by atoms with E-state index in [9.17, 15) is 4.39 Å². The lowest BCUT2D eigenvalue weighted by Crippen LogP contribution is -2.45. The zero-order valence-electron chi connectivity index (χ0n) is 12.1. The van der Waals surface area contributed by atoms with E-state index in [4.69, 9.17) is 0 Å². The van der Waals surface area contributed by atoms with E-state index in [0.29, 0.717) is 4.47 Å². The maximum absolute atomic E-state index is 13.7. The van der Waals surface area contributed by atoms with Gasteiger partial charge in [-0.2, -0.15) is 0 Å². The van der Waals surface area contributed by atoms with Crippen LogP contribution in [0.25, 0.3) is 0 Å². The molecule has 1 saturated heterocycles. The van der Waals surface area contributed by atoms with Crippen LogP contribution in [0.2, 0.25) is 0 Å². The number of hydrogen-bond acceptors (Lipinski definition) is 2. The predicted octanol–water partition coefficient (Wildman–Crippen LogP) is 4.34. The second-order valence-corrected chi connectivity index (χ2v) is 5.99. The number of piperazine rings is 1. The van der Waals surface area contributed by atoms with Crippen LogP contribution in [-0.2, 0) is 0 Å². The van der Waals surface area contributed by atoms with Crippen LogP contribution in [0.15, 0.2) is 34.8 Å². The van der Waals surface area contributed by atoms with Crippen molar-refractivity contribution in [2.45, 2.75) is 19.4 Å². The first-order chi connectivity index (χ1) is 9.08. The van der Waals surface area contributed by atoms with E-state index in [1.165, 1.54) is 0 Å². The number of nitrogens with zero attached hydrogens (tertiary/aromatic N) is 1. The summed E-state index contributed by atoms with van der Waals surface area (Å²) < 4.78 is 14.3. The summed E-state index contributed by atoms with van der Waals surface area (Å²) in [5.41, 5.74) is 2.16. The second-order valence-electron chi connectivity index (χ2n) is 5.14. The van der Waals surface area contributed by atoms with Gasteiger partial charge in [0.15, 0.2) is 0 Å². The van der Waals surface area contributed by atoms with Gasteiger partial charge >= 0.3 is 0 Å². The highest BCUT2D eigenvalue weighted by Crippen LogP contribution is 2.29. The van der Waals surface area contributed by atoms with E-state index in [1.807, 2.05) is 13.0 Å². The standard InChI is InChI=1S/C15H20BrFN2.2ClH/c1-11(2)9-15(19-7-5-18-6-8-19)12-3-4-13(16)14(17)10-12;;/h3-4,10,15,18H,1,5-9H2,2H3;2*1H/t15-;;/m0../s1. The second kappa shape index (κ2) is 9.80. The highest BCUT2D eigenvalue weighted by molar-refractivity contribution is 9.10. The van der Waals surface area contributed by atoms with Crippen LogP contribution in [0, 0.1) is 5.82 Å². The Kier molecular flexibility index (Phi) is 9.74. The largest absolute Gasteiger partial charge is 0.314 e. The molecule has 1 N–H and O–H groups in total. The Morgan fingerprint density at radius 1 is 1.38 bits per heavy atom. The lowest BCUT2D eigenvalue weighted by molar-refractivity contribution is 0.172. The normalized spacial score (nSPS) is 16.5. The molecule has 120 valence electrons. The molecule has 0 unspecified atom stereocenters. The molecule has 0 radical (unpaired) electrons. The van der Waals surface area contributed by atoms with Gasteiger partial charge in [-0.3, -0.25) is 4.90 Å². The Morgan fingerprint density at radius 2 is 2.00 bits per heavy atom. The first-order valence-corrected chi connectivity index (χ1v) is 7.41. The molecule has 1 aromatic carbocycles. The van der Waals surface area contributed by atoms with Crippen molar-refractivity contribution in [3.8, 4) is 0 Å². The van der Waals surface area contributed by atoms with Gasteiger partial charge in [0.1, 0.15) is 5.82 Å². The summed E-state index contributed by atoms with van der Waals surface area (Å²) in [6, 6.07) is 5.66. The number of nitrogens with one attached hydrogen (secondary N) is 1. The Balaban J connectivity index is 0.00000200. The van der Waals surface area contributed by atoms with Crippen LogP contribution in [0.3, 0.4) is 0 Å². The number of benzene rings is 1. The molecule has 0 aliphatic carbocycles. The molecule has 1 fully saturated rings. The molecule has 1 aliphatic heterocycles. The topological polar surface area (TPSA) is 15.3 Å². The molecule has 1 aliphatic rings. The van der Waals surface area contributed by atoms with Crippen LogP contribution in [0.5, 0.6) is 0 Å². The van der Waals surface area contributed by atoms with Crippen molar-refractivity contribution in [1.29, 1.82) is 0 Å². The van der Waals surface area contributed by atoms with Crippen LogP contribution >= 0.6 is 40.7 Å². The van der Waals surface area contributed by atoms with Gasteiger partial charge in [-0.15, -0.1) is 31.4 Å². The first kappa shape index (κ1) is 20.9. The van der Waals surface area contributed by atoms with Crippen molar-refractivity contribution >= 4 is 40.7 Å². The molecule has 1 heterocycles. The third-order valence-corrected chi connectivity index (χ3v) is 4.11. The van der Waals surface area contributed by atoms with E-state index in [1.54, 1.807) is 12.1 Å². The van der Waals surface area contributed by atoms with E-state index in [2.05, 4.69) is 32.7 Å². The molecule has 1 aromatic rings. The minimum Gasteiger partial charge on any atom is -0.314 e. The fourth-order valence-corrected chi connectivity index (χ4v) is 2.75. The molecule has 0 spiro atoms. The Labute approximate surface area is 147 Å². The maximum Gasteiger partial charge on any atom is 0.137 e. The van der Waals surface area contributed by atoms with Gasteiger partial charge in [0.05, 0.1) is 4.47 Å². The zero-order valence-corrected chi connectivity index (χ0v) is 15.3. The summed E-state index contributed by atoms with van der Waals surface area (Å²) in [6.07, 6.45) is 0.876. The van der Waals surface area contributed by atoms with Crippen molar-refractivity contribution in [2.24, 2.45) is 0 Å². The van der Waals surface area contributed by atoms with Crippen molar-refractivity contribution < 1.29 is 4.39 Å². The zero-order chi connectivity index (χ0) is 13.8. The summed E-state index contributed by atoms with van der Waals surface area (Å²) in [4.78, 5) is 2.41. The molecular formula is C15H22BrCl2FN2. The average molecular weight is 400 g/mol. The molecule has 0 amide bonds. The average Bonchev–Trinajstić information content (AvgIpc) is 2.40. The Hall–Kier alpha value is -0.130. The summed E-state index contributed by atoms with van der Waals surface area (Å²) in [7, 11) is 0. The van der Waals surface area contributed by atoms with Crippen molar-refractivity contribution in [1.82, 2.24) is 10.2 Å². The van der Waals surface area contributed by atoms with Gasteiger partial charge in [0, 0.05) is 32.2 Å². The Morgan fingerprint density at radius 3 is 2.52 bits per heavy atom. The lowest BCUT2D eigenvalue weighted by Gasteiger charge is -2.35. The number of halogens is 4. The fraction of sp³-hybridized carbons (Fsp3) is 0.467. The third kappa shape index (κ3) is 5.87. The molecule has 0 aromatic heterocycles. The molecular weight excluding hydrogens is 378 g/mol. The molecule has 6 heteroatoms. The smallest absolute Gasteiger partial charge is 0.137 e. The highest BCUT2D eigenvalue weighted by atomic mass is 79.9. The van der Waals surface area contributed by atoms with Gasteiger partial charge in [-0.1, -0.05) is 11.6 Å². The van der Waals surface area contributed by atoms with Gasteiger partial charge in [-0.25, -0.2) is 4.39 Å². The third-order valence-electron chi connectivity index (χ3n) is 3.46. The van der Waals surface area contributed by atoms with Gasteiger partial charge < -0.3 is 5.32 Å². The maximum atomic E-state index is 13.7. The minimum atomic E-state index is -0.195. The van der Waals surface area contributed by atoms with Crippen LogP contribution in [0.4, 0.5) is 4.39 Å². The summed E-state index contributed by atoms with van der Waals surface area (Å²) in [5.74, 6) is -0.195. The Bertz CT molecular complexity index is 465. The predicted molar refractivity (Wildman–Crippen MR) is 95.2 cm³/mol.